The highest BCUT2D eigenvalue weighted by Crippen LogP contribution is 2.77. The Morgan fingerprint density at radius 3 is 1.89 bits per heavy atom. The molecule has 0 spiro atoms. The van der Waals surface area contributed by atoms with E-state index in [-0.39, 0.29) is 17.7 Å². The third-order valence-electron chi connectivity index (χ3n) is 4.46. The van der Waals surface area contributed by atoms with E-state index in [2.05, 4.69) is 0 Å². The molecule has 2 aliphatic rings. The summed E-state index contributed by atoms with van der Waals surface area (Å²) >= 11 is 50.3. The molecule has 2 aliphatic carbocycles. The van der Waals surface area contributed by atoms with Crippen LogP contribution in [0.15, 0.2) is 0 Å². The zero-order valence-corrected chi connectivity index (χ0v) is 15.0. The first kappa shape index (κ1) is 16.7. The van der Waals surface area contributed by atoms with Crippen LogP contribution in [0, 0.1) is 16.7 Å². The predicted molar refractivity (Wildman–Crippen MR) is 83.6 cm³/mol. The van der Waals surface area contributed by atoms with E-state index < -0.39 is 30.8 Å². The molecule has 4 atom stereocenters. The quantitative estimate of drug-likeness (QED) is 0.523. The van der Waals surface area contributed by atoms with E-state index in [0.717, 1.165) is 0 Å². The lowest BCUT2D eigenvalue weighted by atomic mass is 9.70. The Balaban J connectivity index is 2.65. The van der Waals surface area contributed by atoms with E-state index >= 15 is 0 Å². The fourth-order valence-electron chi connectivity index (χ4n) is 3.60. The van der Waals surface area contributed by atoms with Gasteiger partial charge in [0.15, 0.2) is 0 Å². The molecule has 0 amide bonds. The lowest BCUT2D eigenvalue weighted by Gasteiger charge is -2.43. The molecule has 0 heterocycles. The van der Waals surface area contributed by atoms with Gasteiger partial charge in [-0.2, -0.15) is 0 Å². The molecule has 0 nitrogen and oxygen atoms in total. The maximum atomic E-state index is 6.44. The van der Waals surface area contributed by atoms with Crippen molar-refractivity contribution < 1.29 is 0 Å². The molecule has 2 saturated carbocycles. The zero-order chi connectivity index (χ0) is 13.9. The first-order valence-electron chi connectivity index (χ1n) is 5.27. The second-order valence-electron chi connectivity index (χ2n) is 5.03. The summed E-state index contributed by atoms with van der Waals surface area (Å²) < 4.78 is -1.07. The molecule has 0 aromatic rings. The smallest absolute Gasteiger partial charge is 0.123 e. The van der Waals surface area contributed by atoms with Gasteiger partial charge in [0.1, 0.15) is 9.17 Å². The molecule has 2 fully saturated rings. The van der Waals surface area contributed by atoms with E-state index in [9.17, 15) is 0 Å². The summed E-state index contributed by atoms with van der Waals surface area (Å²) in [5, 5.41) is -0.930. The molecule has 0 aromatic carbocycles. The van der Waals surface area contributed by atoms with Crippen LogP contribution in [0.2, 0.25) is 0 Å². The van der Waals surface area contributed by atoms with Crippen molar-refractivity contribution in [1.82, 2.24) is 0 Å². The minimum absolute atomic E-state index is 0.213. The highest BCUT2D eigenvalue weighted by atomic mass is 35.5. The second kappa shape index (κ2) is 5.20. The summed E-state index contributed by atoms with van der Waals surface area (Å²) in [5.74, 6) is 0.0858. The molecule has 18 heavy (non-hydrogen) atoms. The van der Waals surface area contributed by atoms with Crippen LogP contribution in [-0.4, -0.2) is 31.7 Å². The zero-order valence-electron chi connectivity index (χ0n) is 8.95. The summed E-state index contributed by atoms with van der Waals surface area (Å²) in [4.78, 5) is -0.789. The number of hydrogen-bond donors (Lipinski definition) is 0. The van der Waals surface area contributed by atoms with Gasteiger partial charge in [-0.1, -0.05) is 0 Å². The Hall–Kier alpha value is 2.32. The predicted octanol–water partition coefficient (Wildman–Crippen LogP) is 5.66. The highest BCUT2D eigenvalue weighted by Gasteiger charge is 2.80. The van der Waals surface area contributed by atoms with Crippen molar-refractivity contribution in [2.75, 3.05) is 11.8 Å². The number of fused-ring (bicyclic) bond motifs is 2. The SMILES string of the molecule is ClCC1(CCl)[C@@H]2[C@H](Cl)C(Cl)[C@@]1(C(Cl)Cl)CC2(Cl)Cl. The van der Waals surface area contributed by atoms with Gasteiger partial charge in [0.2, 0.25) is 0 Å². The Bertz CT molecular complexity index is 339. The first-order valence-corrected chi connectivity index (χ1v) is 8.84. The third kappa shape index (κ3) is 1.80. The van der Waals surface area contributed by atoms with Gasteiger partial charge in [-0.05, 0) is 6.42 Å². The van der Waals surface area contributed by atoms with Crippen molar-refractivity contribution in [3.05, 3.63) is 0 Å². The molecule has 0 saturated heterocycles. The van der Waals surface area contributed by atoms with Gasteiger partial charge in [-0.15, -0.1) is 92.8 Å². The fraction of sp³-hybridized carbons (Fsp3) is 1.00. The van der Waals surface area contributed by atoms with Gasteiger partial charge in [-0.25, -0.2) is 0 Å². The number of alkyl halides is 8. The second-order valence-corrected chi connectivity index (χ2v) is 9.17. The van der Waals surface area contributed by atoms with Crippen LogP contribution >= 0.6 is 92.8 Å². The topological polar surface area (TPSA) is 0 Å². The van der Waals surface area contributed by atoms with Crippen LogP contribution in [0.1, 0.15) is 6.42 Å². The lowest BCUT2D eigenvalue weighted by molar-refractivity contribution is 0.156. The maximum absolute atomic E-state index is 6.44. The Kier molecular flexibility index (Phi) is 4.82. The maximum Gasteiger partial charge on any atom is 0.123 e. The van der Waals surface area contributed by atoms with Gasteiger partial charge in [0, 0.05) is 28.5 Å². The number of halogens is 8. The molecule has 2 rings (SSSR count). The van der Waals surface area contributed by atoms with Crippen molar-refractivity contribution in [2.24, 2.45) is 16.7 Å². The van der Waals surface area contributed by atoms with Crippen molar-refractivity contribution >= 4 is 92.8 Å². The highest BCUT2D eigenvalue weighted by molar-refractivity contribution is 6.51. The first-order chi connectivity index (χ1) is 8.21. The molecular weight excluding hydrogens is 404 g/mol. The van der Waals surface area contributed by atoms with Crippen molar-refractivity contribution in [3.63, 3.8) is 0 Å². The molecule has 106 valence electrons. The minimum Gasteiger partial charge on any atom is -0.126 e. The average molecular weight is 414 g/mol. The fourth-order valence-corrected chi connectivity index (χ4v) is 8.21. The summed E-state index contributed by atoms with van der Waals surface area (Å²) in [6.45, 7) is 0. The van der Waals surface area contributed by atoms with Gasteiger partial charge < -0.3 is 0 Å². The standard InChI is InChI=1S/C10H10Cl8/c11-2-8(3-12)5-4(13)6(14)9(8,7(15)16)1-10(5,17)18/h4-7H,1-3H2/t4-,5-,6?,9+/m0/s1. The normalized spacial score (nSPS) is 44.8. The Labute approximate surface area is 146 Å². The lowest BCUT2D eigenvalue weighted by Crippen LogP contribution is -2.48. The average Bonchev–Trinajstić information content (AvgIpc) is 2.62. The van der Waals surface area contributed by atoms with Crippen molar-refractivity contribution in [1.29, 1.82) is 0 Å². The van der Waals surface area contributed by atoms with E-state index in [1.165, 1.54) is 0 Å². The van der Waals surface area contributed by atoms with Crippen molar-refractivity contribution in [2.45, 2.75) is 26.3 Å². The Morgan fingerprint density at radius 2 is 1.56 bits per heavy atom. The minimum atomic E-state index is -1.07. The molecule has 2 bridgehead atoms. The number of hydrogen-bond acceptors (Lipinski definition) is 0. The number of rotatable bonds is 3. The van der Waals surface area contributed by atoms with Crippen LogP contribution < -0.4 is 0 Å². The molecule has 1 unspecified atom stereocenters. The third-order valence-corrected chi connectivity index (χ3v) is 8.23. The van der Waals surface area contributed by atoms with Crippen molar-refractivity contribution in [3.8, 4) is 0 Å². The van der Waals surface area contributed by atoms with Crippen LogP contribution in [-0.2, 0) is 0 Å². The summed E-state index contributed by atoms with van der Waals surface area (Å²) in [5.41, 5.74) is -1.44. The molecule has 8 heteroatoms. The summed E-state index contributed by atoms with van der Waals surface area (Å²) in [6, 6.07) is 0. The van der Waals surface area contributed by atoms with Crippen LogP contribution in [0.5, 0.6) is 0 Å². The largest absolute Gasteiger partial charge is 0.126 e. The van der Waals surface area contributed by atoms with Gasteiger partial charge >= 0.3 is 0 Å². The Morgan fingerprint density at radius 1 is 1.06 bits per heavy atom. The van der Waals surface area contributed by atoms with Gasteiger partial charge in [0.05, 0.1) is 10.8 Å². The molecule has 0 aromatic heterocycles. The van der Waals surface area contributed by atoms with Gasteiger partial charge in [-0.3, -0.25) is 0 Å². The van der Waals surface area contributed by atoms with E-state index in [0.29, 0.717) is 6.42 Å². The summed E-state index contributed by atoms with van der Waals surface area (Å²) in [6.07, 6.45) is 0.336. The monoisotopic (exact) mass is 410 g/mol. The molecular formula is C10H10Cl8. The summed E-state index contributed by atoms with van der Waals surface area (Å²) in [7, 11) is 0. The van der Waals surface area contributed by atoms with Crippen LogP contribution in [0.4, 0.5) is 0 Å². The van der Waals surface area contributed by atoms with E-state index in [1.54, 1.807) is 0 Å². The van der Waals surface area contributed by atoms with E-state index in [1.807, 2.05) is 0 Å². The molecule has 0 radical (unpaired) electrons. The molecule has 0 N–H and O–H groups in total. The molecule has 0 aliphatic heterocycles. The van der Waals surface area contributed by atoms with Crippen LogP contribution in [0.3, 0.4) is 0 Å². The van der Waals surface area contributed by atoms with E-state index in [4.69, 9.17) is 92.8 Å². The van der Waals surface area contributed by atoms with Crippen LogP contribution in [0.25, 0.3) is 0 Å². The van der Waals surface area contributed by atoms with Gasteiger partial charge in [0.25, 0.3) is 0 Å².